The van der Waals surface area contributed by atoms with Gasteiger partial charge in [0.25, 0.3) is 0 Å². The molecule has 24 heavy (non-hydrogen) atoms. The summed E-state index contributed by atoms with van der Waals surface area (Å²) >= 11 is 0. The van der Waals surface area contributed by atoms with E-state index in [2.05, 4.69) is 4.74 Å². The maximum atomic E-state index is 12.2. The van der Waals surface area contributed by atoms with Crippen LogP contribution in [0.15, 0.2) is 54.1 Å². The number of carbonyl (C=O) groups is 2. The normalized spacial score (nSPS) is 10.6. The van der Waals surface area contributed by atoms with Gasteiger partial charge in [0.15, 0.2) is 0 Å². The number of aryl methyl sites for hydroxylation is 1. The summed E-state index contributed by atoms with van der Waals surface area (Å²) in [4.78, 5) is 23.6. The first-order chi connectivity index (χ1) is 11.5. The molecule has 0 bridgehead atoms. The Balaban J connectivity index is 2.24. The van der Waals surface area contributed by atoms with Crippen molar-refractivity contribution in [3.05, 3.63) is 70.8 Å². The molecule has 0 radical (unpaired) electrons. The van der Waals surface area contributed by atoms with Crippen molar-refractivity contribution in [1.29, 1.82) is 5.26 Å². The van der Waals surface area contributed by atoms with Gasteiger partial charge in [-0.05, 0) is 42.3 Å². The van der Waals surface area contributed by atoms with Crippen molar-refractivity contribution in [2.75, 3.05) is 7.11 Å². The van der Waals surface area contributed by atoms with Crippen molar-refractivity contribution in [3.63, 3.8) is 0 Å². The molecule has 0 atom stereocenters. The number of esters is 2. The predicted octanol–water partition coefficient (Wildman–Crippen LogP) is 3.29. The largest absolute Gasteiger partial charge is 0.465 e. The van der Waals surface area contributed by atoms with Crippen LogP contribution in [0.1, 0.15) is 21.5 Å². The van der Waals surface area contributed by atoms with Gasteiger partial charge < -0.3 is 9.47 Å². The highest BCUT2D eigenvalue weighted by atomic mass is 16.5. The summed E-state index contributed by atoms with van der Waals surface area (Å²) in [6, 6.07) is 15.4. The third-order valence-electron chi connectivity index (χ3n) is 3.27. The van der Waals surface area contributed by atoms with Crippen molar-refractivity contribution in [3.8, 4) is 11.8 Å². The first-order valence-electron chi connectivity index (χ1n) is 7.13. The van der Waals surface area contributed by atoms with E-state index in [1.54, 1.807) is 42.5 Å². The summed E-state index contributed by atoms with van der Waals surface area (Å²) in [6.45, 7) is 1.82. The summed E-state index contributed by atoms with van der Waals surface area (Å²) in [5.74, 6) is -0.873. The molecule has 0 amide bonds. The fourth-order valence-electron chi connectivity index (χ4n) is 2.05. The lowest BCUT2D eigenvalue weighted by Crippen LogP contribution is -2.10. The van der Waals surface area contributed by atoms with E-state index in [1.807, 2.05) is 19.1 Å². The quantitative estimate of drug-likeness (QED) is 0.374. The zero-order valence-electron chi connectivity index (χ0n) is 13.3. The number of methoxy groups -OCH3 is 1. The molecule has 2 rings (SSSR count). The molecule has 0 heterocycles. The van der Waals surface area contributed by atoms with Crippen LogP contribution in [0, 0.1) is 18.3 Å². The Morgan fingerprint density at radius 2 is 1.88 bits per heavy atom. The Morgan fingerprint density at radius 3 is 2.54 bits per heavy atom. The van der Waals surface area contributed by atoms with Gasteiger partial charge >= 0.3 is 11.9 Å². The maximum Gasteiger partial charge on any atom is 0.348 e. The van der Waals surface area contributed by atoms with E-state index in [-0.39, 0.29) is 5.57 Å². The molecule has 0 spiro atoms. The number of nitrogens with zero attached hydrogens (tertiary/aromatic N) is 1. The van der Waals surface area contributed by atoms with Gasteiger partial charge in [0.1, 0.15) is 17.4 Å². The average molecular weight is 321 g/mol. The Hall–Kier alpha value is -3.39. The fraction of sp³-hybridized carbons (Fsp3) is 0.105. The van der Waals surface area contributed by atoms with Gasteiger partial charge in [-0.15, -0.1) is 0 Å². The summed E-state index contributed by atoms with van der Waals surface area (Å²) in [6.07, 6.45) is 1.37. The number of benzene rings is 2. The van der Waals surface area contributed by atoms with Gasteiger partial charge in [-0.25, -0.2) is 9.59 Å². The highest BCUT2D eigenvalue weighted by molar-refractivity contribution is 5.98. The third-order valence-corrected chi connectivity index (χ3v) is 3.27. The van der Waals surface area contributed by atoms with Crippen molar-refractivity contribution < 1.29 is 19.1 Å². The Kier molecular flexibility index (Phi) is 5.48. The molecule has 5 heteroatoms. The number of carbonyl (C=O) groups excluding carboxylic acids is 2. The van der Waals surface area contributed by atoms with Gasteiger partial charge in [-0.2, -0.15) is 5.26 Å². The van der Waals surface area contributed by atoms with Crippen LogP contribution in [0.25, 0.3) is 6.08 Å². The second-order valence-electron chi connectivity index (χ2n) is 4.94. The molecule has 0 N–H and O–H groups in total. The second kappa shape index (κ2) is 7.75. The number of hydrogen-bond acceptors (Lipinski definition) is 5. The van der Waals surface area contributed by atoms with Crippen LogP contribution < -0.4 is 4.74 Å². The van der Waals surface area contributed by atoms with Crippen molar-refractivity contribution in [2.24, 2.45) is 0 Å². The van der Waals surface area contributed by atoms with E-state index >= 15 is 0 Å². The summed E-state index contributed by atoms with van der Waals surface area (Å²) in [7, 11) is 1.20. The molecular weight excluding hydrogens is 306 g/mol. The minimum Gasteiger partial charge on any atom is -0.465 e. The predicted molar refractivity (Wildman–Crippen MR) is 88.2 cm³/mol. The summed E-state index contributed by atoms with van der Waals surface area (Å²) in [5.41, 5.74) is 1.70. The topological polar surface area (TPSA) is 76.4 Å². The molecule has 0 saturated heterocycles. The fourth-order valence-corrected chi connectivity index (χ4v) is 2.05. The van der Waals surface area contributed by atoms with Crippen LogP contribution >= 0.6 is 0 Å². The first-order valence-corrected chi connectivity index (χ1v) is 7.13. The Bertz CT molecular complexity index is 846. The van der Waals surface area contributed by atoms with E-state index in [4.69, 9.17) is 10.00 Å². The number of rotatable bonds is 4. The number of hydrogen-bond donors (Lipinski definition) is 0. The number of ether oxygens (including phenoxy) is 2. The molecule has 2 aromatic carbocycles. The van der Waals surface area contributed by atoms with E-state index in [0.29, 0.717) is 16.9 Å². The lowest BCUT2D eigenvalue weighted by Gasteiger charge is -2.07. The first kappa shape index (κ1) is 17.0. The molecule has 120 valence electrons. The molecule has 0 aliphatic carbocycles. The molecule has 0 unspecified atom stereocenters. The molecule has 2 aromatic rings. The van der Waals surface area contributed by atoms with E-state index in [0.717, 1.165) is 5.56 Å². The molecule has 0 saturated carbocycles. The van der Waals surface area contributed by atoms with E-state index in [9.17, 15) is 9.59 Å². The van der Waals surface area contributed by atoms with Crippen molar-refractivity contribution in [1.82, 2.24) is 0 Å². The highest BCUT2D eigenvalue weighted by Gasteiger charge is 2.12. The van der Waals surface area contributed by atoms with Crippen molar-refractivity contribution >= 4 is 18.0 Å². The van der Waals surface area contributed by atoms with Gasteiger partial charge in [0.2, 0.25) is 0 Å². The van der Waals surface area contributed by atoms with Crippen LogP contribution in [0.4, 0.5) is 0 Å². The molecular formula is C19H15NO4. The highest BCUT2D eigenvalue weighted by Crippen LogP contribution is 2.18. The Labute approximate surface area is 139 Å². The zero-order valence-corrected chi connectivity index (χ0v) is 13.3. The minimum absolute atomic E-state index is 0.139. The molecule has 0 aromatic heterocycles. The number of nitriles is 1. The smallest absolute Gasteiger partial charge is 0.348 e. The van der Waals surface area contributed by atoms with Gasteiger partial charge in [-0.3, -0.25) is 0 Å². The monoisotopic (exact) mass is 321 g/mol. The van der Waals surface area contributed by atoms with Crippen molar-refractivity contribution in [2.45, 2.75) is 6.92 Å². The SMILES string of the molecule is COC(=O)/C(C#N)=C/c1cccc(OC(=O)c2ccccc2C)c1. The van der Waals surface area contributed by atoms with Gasteiger partial charge in [0.05, 0.1) is 12.7 Å². The van der Waals surface area contributed by atoms with Crippen LogP contribution in [-0.2, 0) is 9.53 Å². The third kappa shape index (κ3) is 4.08. The van der Waals surface area contributed by atoms with Crippen LogP contribution in [-0.4, -0.2) is 19.0 Å². The van der Waals surface area contributed by atoms with Crippen LogP contribution in [0.3, 0.4) is 0 Å². The van der Waals surface area contributed by atoms with E-state index < -0.39 is 11.9 Å². The molecule has 0 aliphatic heterocycles. The Morgan fingerprint density at radius 1 is 1.12 bits per heavy atom. The molecule has 0 fully saturated rings. The average Bonchev–Trinajstić information content (AvgIpc) is 2.59. The van der Waals surface area contributed by atoms with Gasteiger partial charge in [-0.1, -0.05) is 30.3 Å². The summed E-state index contributed by atoms with van der Waals surface area (Å²) in [5, 5.41) is 8.98. The second-order valence-corrected chi connectivity index (χ2v) is 4.94. The maximum absolute atomic E-state index is 12.2. The molecule has 5 nitrogen and oxygen atoms in total. The minimum atomic E-state index is -0.722. The van der Waals surface area contributed by atoms with Gasteiger partial charge in [0, 0.05) is 0 Å². The van der Waals surface area contributed by atoms with Crippen LogP contribution in [0.5, 0.6) is 5.75 Å². The van der Waals surface area contributed by atoms with Crippen LogP contribution in [0.2, 0.25) is 0 Å². The van der Waals surface area contributed by atoms with E-state index in [1.165, 1.54) is 13.2 Å². The molecule has 0 aliphatic rings. The standard InChI is InChI=1S/C19H15NO4/c1-13-6-3-4-9-17(13)19(22)24-16-8-5-7-14(11-16)10-15(12-20)18(21)23-2/h3-11H,1-2H3/b15-10+. The summed E-state index contributed by atoms with van der Waals surface area (Å²) < 4.78 is 9.88. The lowest BCUT2D eigenvalue weighted by molar-refractivity contribution is -0.135. The lowest BCUT2D eigenvalue weighted by atomic mass is 10.1. The zero-order chi connectivity index (χ0) is 17.5.